The van der Waals surface area contributed by atoms with Crippen LogP contribution in [0, 0.1) is 5.92 Å². The zero-order valence-electron chi connectivity index (χ0n) is 14.3. The molecule has 0 radical (unpaired) electrons. The summed E-state index contributed by atoms with van der Waals surface area (Å²) in [4.78, 5) is 9.44. The number of thioether (sulfide) groups is 1. The second kappa shape index (κ2) is 7.73. The van der Waals surface area contributed by atoms with Crippen molar-refractivity contribution in [3.8, 4) is 0 Å². The number of likely N-dealkylation sites (N-methyl/N-ethyl adjacent to an activating group) is 1. The normalized spacial score (nSPS) is 25.6. The number of guanidine groups is 1. The van der Waals surface area contributed by atoms with Crippen molar-refractivity contribution in [3.05, 3.63) is 0 Å². The molecule has 1 aliphatic carbocycles. The molecular formula is C16H32N4S. The molecule has 1 aliphatic heterocycles. The molecule has 2 aliphatic rings. The van der Waals surface area contributed by atoms with Gasteiger partial charge in [-0.25, -0.2) is 0 Å². The molecule has 0 amide bonds. The third-order valence-corrected chi connectivity index (χ3v) is 6.26. The summed E-state index contributed by atoms with van der Waals surface area (Å²) in [6.07, 6.45) is 2.74. The standard InChI is InChI=1S/C16H32N4S/c1-12(2)15-11-20(8-9-21-15)16(17-4)18-10-13(3)19(5)14-6-7-14/h12-15H,6-11H2,1-5H3,(H,17,18). The Kier molecular flexibility index (Phi) is 6.23. The molecule has 0 spiro atoms. The van der Waals surface area contributed by atoms with Gasteiger partial charge in [-0.15, -0.1) is 0 Å². The van der Waals surface area contributed by atoms with Crippen LogP contribution < -0.4 is 5.32 Å². The van der Waals surface area contributed by atoms with Crippen LogP contribution >= 0.6 is 11.8 Å². The van der Waals surface area contributed by atoms with Crippen molar-refractivity contribution in [1.29, 1.82) is 0 Å². The third kappa shape index (κ3) is 4.78. The van der Waals surface area contributed by atoms with Gasteiger partial charge in [-0.3, -0.25) is 9.89 Å². The van der Waals surface area contributed by atoms with Gasteiger partial charge in [0.05, 0.1) is 0 Å². The van der Waals surface area contributed by atoms with Crippen LogP contribution in [0.4, 0.5) is 0 Å². The van der Waals surface area contributed by atoms with E-state index in [2.05, 4.69) is 59.7 Å². The van der Waals surface area contributed by atoms with Crippen molar-refractivity contribution >= 4 is 17.7 Å². The Morgan fingerprint density at radius 1 is 1.38 bits per heavy atom. The highest BCUT2D eigenvalue weighted by atomic mass is 32.2. The molecular weight excluding hydrogens is 280 g/mol. The molecule has 0 bridgehead atoms. The highest BCUT2D eigenvalue weighted by Crippen LogP contribution is 2.27. The van der Waals surface area contributed by atoms with E-state index in [1.54, 1.807) is 0 Å². The molecule has 2 unspecified atom stereocenters. The number of nitrogens with one attached hydrogen (secondary N) is 1. The van der Waals surface area contributed by atoms with Crippen LogP contribution in [-0.2, 0) is 0 Å². The Bertz CT molecular complexity index is 354. The minimum Gasteiger partial charge on any atom is -0.355 e. The van der Waals surface area contributed by atoms with Gasteiger partial charge in [-0.2, -0.15) is 11.8 Å². The predicted molar refractivity (Wildman–Crippen MR) is 94.3 cm³/mol. The van der Waals surface area contributed by atoms with Crippen LogP contribution in [-0.4, -0.2) is 72.6 Å². The molecule has 2 rings (SSSR count). The molecule has 0 aromatic carbocycles. The molecule has 1 saturated carbocycles. The van der Waals surface area contributed by atoms with E-state index in [9.17, 15) is 0 Å². The van der Waals surface area contributed by atoms with Crippen molar-refractivity contribution in [2.24, 2.45) is 10.9 Å². The number of nitrogens with zero attached hydrogens (tertiary/aromatic N) is 3. The van der Waals surface area contributed by atoms with Crippen molar-refractivity contribution in [2.45, 2.75) is 50.9 Å². The quantitative estimate of drug-likeness (QED) is 0.622. The van der Waals surface area contributed by atoms with E-state index in [0.717, 1.165) is 42.8 Å². The van der Waals surface area contributed by atoms with Crippen LogP contribution in [0.5, 0.6) is 0 Å². The lowest BCUT2D eigenvalue weighted by Gasteiger charge is -2.37. The van der Waals surface area contributed by atoms with E-state index in [1.807, 2.05) is 7.05 Å². The number of hydrogen-bond acceptors (Lipinski definition) is 3. The summed E-state index contributed by atoms with van der Waals surface area (Å²) in [5.41, 5.74) is 0. The zero-order valence-corrected chi connectivity index (χ0v) is 15.1. The monoisotopic (exact) mass is 312 g/mol. The van der Waals surface area contributed by atoms with Gasteiger partial charge in [0, 0.05) is 49.8 Å². The van der Waals surface area contributed by atoms with Crippen LogP contribution in [0.15, 0.2) is 4.99 Å². The van der Waals surface area contributed by atoms with Gasteiger partial charge in [0.2, 0.25) is 0 Å². The first-order valence-electron chi connectivity index (χ1n) is 8.32. The maximum absolute atomic E-state index is 4.50. The van der Waals surface area contributed by atoms with Crippen LogP contribution in [0.2, 0.25) is 0 Å². The van der Waals surface area contributed by atoms with Gasteiger partial charge >= 0.3 is 0 Å². The number of rotatable bonds is 5. The van der Waals surface area contributed by atoms with Crippen molar-refractivity contribution in [3.63, 3.8) is 0 Å². The van der Waals surface area contributed by atoms with Crippen LogP contribution in [0.25, 0.3) is 0 Å². The molecule has 2 atom stereocenters. The molecule has 122 valence electrons. The number of aliphatic imine (C=N–C) groups is 1. The average Bonchev–Trinajstić information content (AvgIpc) is 3.31. The third-order valence-electron chi connectivity index (χ3n) is 4.72. The fourth-order valence-electron chi connectivity index (χ4n) is 2.83. The van der Waals surface area contributed by atoms with Gasteiger partial charge < -0.3 is 10.2 Å². The molecule has 1 N–H and O–H groups in total. The highest BCUT2D eigenvalue weighted by Gasteiger charge is 2.29. The topological polar surface area (TPSA) is 30.9 Å². The summed E-state index contributed by atoms with van der Waals surface area (Å²) in [5.74, 6) is 3.02. The summed E-state index contributed by atoms with van der Waals surface area (Å²) in [6, 6.07) is 1.38. The van der Waals surface area contributed by atoms with Gasteiger partial charge in [0.25, 0.3) is 0 Å². The largest absolute Gasteiger partial charge is 0.355 e. The van der Waals surface area contributed by atoms with E-state index < -0.39 is 0 Å². The molecule has 4 nitrogen and oxygen atoms in total. The highest BCUT2D eigenvalue weighted by molar-refractivity contribution is 8.00. The lowest BCUT2D eigenvalue weighted by atomic mass is 10.1. The molecule has 5 heteroatoms. The SMILES string of the molecule is CN=C(NCC(C)N(C)C1CC1)N1CCSC(C(C)C)C1. The number of hydrogen-bond donors (Lipinski definition) is 1. The second-order valence-electron chi connectivity index (χ2n) is 6.77. The van der Waals surface area contributed by atoms with E-state index in [-0.39, 0.29) is 0 Å². The Hall–Kier alpha value is -0.420. The van der Waals surface area contributed by atoms with E-state index >= 15 is 0 Å². The van der Waals surface area contributed by atoms with Crippen LogP contribution in [0.1, 0.15) is 33.6 Å². The summed E-state index contributed by atoms with van der Waals surface area (Å²) in [5, 5.41) is 4.31. The smallest absolute Gasteiger partial charge is 0.193 e. The Morgan fingerprint density at radius 3 is 2.67 bits per heavy atom. The van der Waals surface area contributed by atoms with Crippen LogP contribution in [0.3, 0.4) is 0 Å². The lowest BCUT2D eigenvalue weighted by Crippen LogP contribution is -2.51. The first-order chi connectivity index (χ1) is 10.0. The first kappa shape index (κ1) is 16.9. The van der Waals surface area contributed by atoms with Gasteiger partial charge in [-0.05, 0) is 32.7 Å². The zero-order chi connectivity index (χ0) is 15.4. The first-order valence-corrected chi connectivity index (χ1v) is 9.37. The summed E-state index contributed by atoms with van der Waals surface area (Å²) < 4.78 is 0. The van der Waals surface area contributed by atoms with E-state index in [0.29, 0.717) is 6.04 Å². The minimum absolute atomic E-state index is 0.564. The molecule has 21 heavy (non-hydrogen) atoms. The van der Waals surface area contributed by atoms with E-state index in [1.165, 1.54) is 18.6 Å². The maximum Gasteiger partial charge on any atom is 0.193 e. The Labute approximate surface area is 134 Å². The lowest BCUT2D eigenvalue weighted by molar-refractivity contribution is 0.245. The van der Waals surface area contributed by atoms with Gasteiger partial charge in [0.1, 0.15) is 0 Å². The molecule has 1 heterocycles. The molecule has 0 aromatic heterocycles. The van der Waals surface area contributed by atoms with E-state index in [4.69, 9.17) is 0 Å². The van der Waals surface area contributed by atoms with Crippen molar-refractivity contribution in [1.82, 2.24) is 15.1 Å². The molecule has 2 fully saturated rings. The summed E-state index contributed by atoms with van der Waals surface area (Å²) in [7, 11) is 4.16. The predicted octanol–water partition coefficient (Wildman–Crippen LogP) is 2.12. The van der Waals surface area contributed by atoms with Crippen molar-refractivity contribution in [2.75, 3.05) is 39.5 Å². The minimum atomic E-state index is 0.564. The summed E-state index contributed by atoms with van der Waals surface area (Å²) >= 11 is 2.11. The maximum atomic E-state index is 4.50. The fourth-order valence-corrected chi connectivity index (χ4v) is 4.13. The second-order valence-corrected chi connectivity index (χ2v) is 8.12. The van der Waals surface area contributed by atoms with Crippen molar-refractivity contribution < 1.29 is 0 Å². The average molecular weight is 313 g/mol. The fraction of sp³-hybridized carbons (Fsp3) is 0.938. The Morgan fingerprint density at radius 2 is 2.10 bits per heavy atom. The summed E-state index contributed by atoms with van der Waals surface area (Å²) in [6.45, 7) is 10.2. The van der Waals surface area contributed by atoms with Gasteiger partial charge in [0.15, 0.2) is 5.96 Å². The van der Waals surface area contributed by atoms with Gasteiger partial charge in [-0.1, -0.05) is 13.8 Å². The Balaban J connectivity index is 1.82. The molecule has 0 aromatic rings. The molecule has 1 saturated heterocycles.